The van der Waals surface area contributed by atoms with Gasteiger partial charge in [0.1, 0.15) is 18.2 Å². The Morgan fingerprint density at radius 3 is 2.73 bits per heavy atom. The molecule has 1 aromatic heterocycles. The van der Waals surface area contributed by atoms with Gasteiger partial charge in [-0.25, -0.2) is 4.68 Å². The Bertz CT molecular complexity index is 1400. The minimum Gasteiger partial charge on any atom is -0.465 e. The number of likely N-dealkylation sites (tertiary alicyclic amines) is 1. The van der Waals surface area contributed by atoms with Crippen LogP contribution < -0.4 is 0 Å². The first-order valence-electron chi connectivity index (χ1n) is 15.8. The average Bonchev–Trinajstić information content (AvgIpc) is 3.72. The summed E-state index contributed by atoms with van der Waals surface area (Å²) in [5.74, 6) is -1.98. The highest BCUT2D eigenvalue weighted by Crippen LogP contribution is 2.69. The summed E-state index contributed by atoms with van der Waals surface area (Å²) in [6.45, 7) is 14.2. The van der Waals surface area contributed by atoms with Gasteiger partial charge in [-0.1, -0.05) is 50.3 Å². The van der Waals surface area contributed by atoms with Gasteiger partial charge in [0.15, 0.2) is 0 Å². The molecule has 0 radical (unpaired) electrons. The van der Waals surface area contributed by atoms with Crippen molar-refractivity contribution in [3.05, 3.63) is 49.6 Å². The van der Waals surface area contributed by atoms with Crippen LogP contribution in [0.3, 0.4) is 0 Å². The second-order valence-corrected chi connectivity index (χ2v) is 14.3. The first kappa shape index (κ1) is 32.2. The van der Waals surface area contributed by atoms with Crippen LogP contribution in [0.1, 0.15) is 52.9 Å². The number of allylic oxidation sites excluding steroid dienone is 1. The van der Waals surface area contributed by atoms with Crippen molar-refractivity contribution in [2.75, 3.05) is 19.8 Å². The van der Waals surface area contributed by atoms with Crippen LogP contribution in [0.5, 0.6) is 0 Å². The lowest BCUT2D eigenvalue weighted by Gasteiger charge is -2.42. The van der Waals surface area contributed by atoms with Crippen LogP contribution in [0.4, 0.5) is 0 Å². The minimum atomic E-state index is -0.860. The Morgan fingerprint density at radius 1 is 1.25 bits per heavy atom. The Hall–Kier alpha value is -3.18. The van der Waals surface area contributed by atoms with Crippen molar-refractivity contribution >= 4 is 40.6 Å². The first-order valence-corrected chi connectivity index (χ1v) is 16.6. The van der Waals surface area contributed by atoms with E-state index in [-0.39, 0.29) is 54.7 Å². The fourth-order valence-corrected chi connectivity index (χ4v) is 10.0. The number of aliphatic hydroxyl groups excluding tert-OH is 1. The highest BCUT2D eigenvalue weighted by molar-refractivity contribution is 8.02. The highest BCUT2D eigenvalue weighted by atomic mass is 32.2. The SMILES string of the molecule is C=CCCCCOC(=O)[C@@H]1[C@H]2C(=O)N([C@@H](CO)CC(C)C)C(C(=O)N(CC=C)Cn3nnc4ccccc43)C23S[C@@H]1CC3C. The molecule has 1 spiro atoms. The quantitative estimate of drug-likeness (QED) is 0.179. The molecule has 7 atom stereocenters. The zero-order valence-electron chi connectivity index (χ0n) is 26.0. The van der Waals surface area contributed by atoms with Gasteiger partial charge >= 0.3 is 5.97 Å². The van der Waals surface area contributed by atoms with E-state index in [2.05, 4.69) is 30.4 Å². The lowest BCUT2D eigenvalue weighted by molar-refractivity contribution is -0.155. The zero-order chi connectivity index (χ0) is 31.6. The predicted molar refractivity (Wildman–Crippen MR) is 170 cm³/mol. The number of hydrogen-bond acceptors (Lipinski definition) is 8. The van der Waals surface area contributed by atoms with Crippen molar-refractivity contribution in [3.8, 4) is 0 Å². The van der Waals surface area contributed by atoms with Crippen molar-refractivity contribution in [1.82, 2.24) is 24.8 Å². The Labute approximate surface area is 263 Å². The molecule has 3 aliphatic rings. The smallest absolute Gasteiger partial charge is 0.310 e. The molecule has 4 heterocycles. The van der Waals surface area contributed by atoms with E-state index in [1.165, 1.54) is 0 Å². The summed E-state index contributed by atoms with van der Waals surface area (Å²) < 4.78 is 6.62. The maximum absolute atomic E-state index is 14.9. The van der Waals surface area contributed by atoms with Gasteiger partial charge < -0.3 is 19.6 Å². The van der Waals surface area contributed by atoms with Crippen molar-refractivity contribution in [2.45, 2.75) is 81.6 Å². The number of esters is 1. The van der Waals surface area contributed by atoms with Crippen LogP contribution >= 0.6 is 11.8 Å². The number of hydrogen-bond donors (Lipinski definition) is 1. The van der Waals surface area contributed by atoms with Gasteiger partial charge in [-0.05, 0) is 56.1 Å². The first-order chi connectivity index (χ1) is 21.2. The summed E-state index contributed by atoms with van der Waals surface area (Å²) >= 11 is 1.61. The van der Waals surface area contributed by atoms with Crippen LogP contribution in [0, 0.1) is 23.7 Å². The number of thioether (sulfide) groups is 1. The summed E-state index contributed by atoms with van der Waals surface area (Å²) in [4.78, 5) is 46.4. The fraction of sp³-hybridized carbons (Fsp3) is 0.606. The van der Waals surface area contributed by atoms with E-state index in [1.807, 2.05) is 44.2 Å². The molecule has 0 aliphatic carbocycles. The van der Waals surface area contributed by atoms with E-state index in [1.54, 1.807) is 32.3 Å². The van der Waals surface area contributed by atoms with Crippen molar-refractivity contribution < 1.29 is 24.2 Å². The number of rotatable bonds is 15. The number of amides is 2. The summed E-state index contributed by atoms with van der Waals surface area (Å²) in [5.41, 5.74) is 1.51. The molecule has 44 heavy (non-hydrogen) atoms. The fourth-order valence-electron chi connectivity index (χ4n) is 7.61. The van der Waals surface area contributed by atoms with Crippen molar-refractivity contribution in [3.63, 3.8) is 0 Å². The van der Waals surface area contributed by atoms with Crippen LogP contribution in [-0.2, 0) is 25.8 Å². The molecule has 3 unspecified atom stereocenters. The molecule has 1 N–H and O–H groups in total. The summed E-state index contributed by atoms with van der Waals surface area (Å²) in [5, 5.41) is 19.1. The summed E-state index contributed by atoms with van der Waals surface area (Å²) in [7, 11) is 0. The number of carbonyl (C=O) groups excluding carboxylic acids is 3. The number of para-hydroxylation sites is 1. The molecular weight excluding hydrogens is 578 g/mol. The summed E-state index contributed by atoms with van der Waals surface area (Å²) in [6, 6.07) is 6.13. The van der Waals surface area contributed by atoms with Crippen LogP contribution in [0.25, 0.3) is 11.0 Å². The number of benzene rings is 1. The maximum atomic E-state index is 14.9. The van der Waals surface area contributed by atoms with E-state index in [0.29, 0.717) is 19.4 Å². The number of nitrogens with zero attached hydrogens (tertiary/aromatic N) is 5. The van der Waals surface area contributed by atoms with Crippen molar-refractivity contribution in [1.29, 1.82) is 0 Å². The van der Waals surface area contributed by atoms with E-state index in [9.17, 15) is 19.5 Å². The monoisotopic (exact) mass is 623 g/mol. The van der Waals surface area contributed by atoms with Gasteiger partial charge in [-0.2, -0.15) is 0 Å². The molecule has 3 aliphatic heterocycles. The predicted octanol–water partition coefficient (Wildman–Crippen LogP) is 4.05. The number of aromatic nitrogens is 3. The second-order valence-electron chi connectivity index (χ2n) is 12.8. The Balaban J connectivity index is 1.52. The van der Waals surface area contributed by atoms with E-state index < -0.39 is 28.7 Å². The molecule has 2 bridgehead atoms. The molecular formula is C33H45N5O5S. The van der Waals surface area contributed by atoms with Gasteiger partial charge in [0, 0.05) is 11.8 Å². The molecule has 5 rings (SSSR count). The molecule has 238 valence electrons. The molecule has 10 nitrogen and oxygen atoms in total. The molecule has 1 aromatic carbocycles. The number of ether oxygens (including phenoxy) is 1. The van der Waals surface area contributed by atoms with Gasteiger partial charge in [0.05, 0.1) is 41.4 Å². The topological polar surface area (TPSA) is 118 Å². The molecule has 11 heteroatoms. The van der Waals surface area contributed by atoms with Crippen molar-refractivity contribution in [2.24, 2.45) is 23.7 Å². The number of aliphatic hydroxyl groups is 1. The number of carbonyl (C=O) groups is 3. The lowest BCUT2D eigenvalue weighted by atomic mass is 9.66. The lowest BCUT2D eigenvalue weighted by Crippen LogP contribution is -2.59. The average molecular weight is 624 g/mol. The van der Waals surface area contributed by atoms with Crippen LogP contribution in [0.2, 0.25) is 0 Å². The third kappa shape index (κ3) is 5.57. The van der Waals surface area contributed by atoms with Gasteiger partial charge in [0.2, 0.25) is 11.8 Å². The van der Waals surface area contributed by atoms with E-state index in [0.717, 1.165) is 30.3 Å². The molecule has 2 amide bonds. The number of fused-ring (bicyclic) bond motifs is 2. The third-order valence-corrected chi connectivity index (χ3v) is 11.5. The summed E-state index contributed by atoms with van der Waals surface area (Å²) in [6.07, 6.45) is 7.21. The van der Waals surface area contributed by atoms with E-state index >= 15 is 0 Å². The molecule has 3 saturated heterocycles. The minimum absolute atomic E-state index is 0.00165. The molecule has 3 fully saturated rings. The van der Waals surface area contributed by atoms with Crippen LogP contribution in [0.15, 0.2) is 49.6 Å². The maximum Gasteiger partial charge on any atom is 0.310 e. The van der Waals surface area contributed by atoms with Crippen LogP contribution in [-0.4, -0.2) is 89.5 Å². The standard InChI is InChI=1S/C33H45N5O5S/c1-6-8-9-12-16-43-32(42)27-26-18-22(5)33(44-26)28(27)30(40)38(23(19-39)17-21(3)4)29(33)31(41)36(15-7-2)20-37-25-14-11-10-13-24(25)34-35-37/h6-7,10-11,13-14,21-23,26-29,39H,1-2,8-9,12,15-20H2,3-5H3/t22?,23-,26-,27+,28+,29?,33?/m1/s1. The normalized spacial score (nSPS) is 28.0. The molecule has 2 aromatic rings. The third-order valence-electron chi connectivity index (χ3n) is 9.47. The second kappa shape index (κ2) is 13.4. The number of unbranched alkanes of at least 4 members (excludes halogenated alkanes) is 2. The zero-order valence-corrected chi connectivity index (χ0v) is 26.8. The van der Waals surface area contributed by atoms with Gasteiger partial charge in [-0.15, -0.1) is 30.0 Å². The highest BCUT2D eigenvalue weighted by Gasteiger charge is 2.77. The van der Waals surface area contributed by atoms with Gasteiger partial charge in [0.25, 0.3) is 0 Å². The Kier molecular flexibility index (Phi) is 9.84. The Morgan fingerprint density at radius 2 is 2.02 bits per heavy atom. The largest absolute Gasteiger partial charge is 0.465 e. The molecule has 0 saturated carbocycles. The van der Waals surface area contributed by atoms with E-state index in [4.69, 9.17) is 4.74 Å². The van der Waals surface area contributed by atoms with Gasteiger partial charge in [-0.3, -0.25) is 14.4 Å².